The minimum atomic E-state index is -0.0875. The van der Waals surface area contributed by atoms with Gasteiger partial charge >= 0.3 is 0 Å². The zero-order valence-corrected chi connectivity index (χ0v) is 10.2. The van der Waals surface area contributed by atoms with Crippen LogP contribution in [0.1, 0.15) is 12.2 Å². The number of H-pyrrole nitrogens is 2. The molecule has 2 aromatic heterocycles. The molecule has 0 fully saturated rings. The van der Waals surface area contributed by atoms with Gasteiger partial charge in [-0.15, -0.1) is 0 Å². The molecular formula is C13H13N5O. The average molecular weight is 255 g/mol. The number of para-hydroxylation sites is 2. The van der Waals surface area contributed by atoms with Crippen molar-refractivity contribution in [3.63, 3.8) is 0 Å². The zero-order chi connectivity index (χ0) is 13.1. The lowest BCUT2D eigenvalue weighted by molar-refractivity contribution is -0.116. The van der Waals surface area contributed by atoms with Crippen LogP contribution in [0, 0.1) is 0 Å². The number of carbonyl (C=O) groups excluding carboxylic acids is 1. The monoisotopic (exact) mass is 255 g/mol. The Morgan fingerprint density at radius 1 is 1.32 bits per heavy atom. The Kier molecular flexibility index (Phi) is 2.97. The summed E-state index contributed by atoms with van der Waals surface area (Å²) < 4.78 is 0. The smallest absolute Gasteiger partial charge is 0.227 e. The lowest BCUT2D eigenvalue weighted by Gasteiger charge is -1.99. The summed E-state index contributed by atoms with van der Waals surface area (Å²) in [6.45, 7) is 0. The van der Waals surface area contributed by atoms with Gasteiger partial charge < -0.3 is 9.97 Å². The molecule has 0 unspecified atom stereocenters. The van der Waals surface area contributed by atoms with Gasteiger partial charge in [0.05, 0.1) is 11.0 Å². The highest BCUT2D eigenvalue weighted by Crippen LogP contribution is 2.13. The van der Waals surface area contributed by atoms with Gasteiger partial charge in [-0.3, -0.25) is 10.1 Å². The largest absolute Gasteiger partial charge is 0.349 e. The van der Waals surface area contributed by atoms with E-state index in [0.717, 1.165) is 16.9 Å². The van der Waals surface area contributed by atoms with E-state index in [-0.39, 0.29) is 5.91 Å². The summed E-state index contributed by atoms with van der Waals surface area (Å²) in [7, 11) is 0. The number of imidazole rings is 2. The molecule has 19 heavy (non-hydrogen) atoms. The Hall–Kier alpha value is -2.63. The van der Waals surface area contributed by atoms with E-state index in [1.54, 1.807) is 12.4 Å². The van der Waals surface area contributed by atoms with Crippen molar-refractivity contribution in [1.29, 1.82) is 0 Å². The van der Waals surface area contributed by atoms with Crippen molar-refractivity contribution in [3.8, 4) is 0 Å². The number of aromatic nitrogens is 4. The highest BCUT2D eigenvalue weighted by molar-refractivity contribution is 5.91. The number of fused-ring (bicyclic) bond motifs is 1. The fourth-order valence-electron chi connectivity index (χ4n) is 1.87. The van der Waals surface area contributed by atoms with Crippen molar-refractivity contribution in [2.75, 3.05) is 5.32 Å². The Morgan fingerprint density at radius 3 is 3.00 bits per heavy atom. The predicted molar refractivity (Wildman–Crippen MR) is 71.6 cm³/mol. The van der Waals surface area contributed by atoms with E-state index < -0.39 is 0 Å². The maximum atomic E-state index is 11.8. The van der Waals surface area contributed by atoms with Gasteiger partial charge in [-0.2, -0.15) is 0 Å². The van der Waals surface area contributed by atoms with Gasteiger partial charge in [-0.1, -0.05) is 12.1 Å². The van der Waals surface area contributed by atoms with Crippen LogP contribution in [0.3, 0.4) is 0 Å². The van der Waals surface area contributed by atoms with Gasteiger partial charge in [-0.05, 0) is 12.1 Å². The van der Waals surface area contributed by atoms with Gasteiger partial charge in [0.25, 0.3) is 0 Å². The highest BCUT2D eigenvalue weighted by Gasteiger charge is 2.07. The number of carbonyl (C=O) groups is 1. The zero-order valence-electron chi connectivity index (χ0n) is 10.2. The maximum absolute atomic E-state index is 11.8. The number of hydrogen-bond acceptors (Lipinski definition) is 3. The molecule has 0 aliphatic carbocycles. The predicted octanol–water partition coefficient (Wildman–Crippen LogP) is 1.86. The first-order valence-electron chi connectivity index (χ1n) is 6.04. The molecule has 0 saturated heterocycles. The molecule has 96 valence electrons. The fourth-order valence-corrected chi connectivity index (χ4v) is 1.87. The molecule has 3 rings (SSSR count). The molecule has 3 N–H and O–H groups in total. The number of amides is 1. The van der Waals surface area contributed by atoms with E-state index in [0.29, 0.717) is 18.8 Å². The van der Waals surface area contributed by atoms with Crippen LogP contribution in [0.5, 0.6) is 0 Å². The molecule has 6 heteroatoms. The van der Waals surface area contributed by atoms with Gasteiger partial charge in [0.2, 0.25) is 11.9 Å². The lowest BCUT2D eigenvalue weighted by atomic mass is 10.3. The molecule has 1 aromatic carbocycles. The van der Waals surface area contributed by atoms with Crippen LogP contribution in [0.15, 0.2) is 36.7 Å². The molecule has 0 radical (unpaired) electrons. The molecule has 0 spiro atoms. The molecule has 0 aliphatic rings. The van der Waals surface area contributed by atoms with E-state index in [2.05, 4.69) is 25.3 Å². The summed E-state index contributed by atoms with van der Waals surface area (Å²) in [6, 6.07) is 7.64. The van der Waals surface area contributed by atoms with E-state index in [9.17, 15) is 4.79 Å². The second-order valence-electron chi connectivity index (χ2n) is 4.19. The molecule has 1 amide bonds. The van der Waals surface area contributed by atoms with E-state index in [1.807, 2.05) is 24.3 Å². The summed E-state index contributed by atoms with van der Waals surface area (Å²) in [5.41, 5.74) is 1.74. The number of nitrogens with one attached hydrogen (secondary N) is 3. The summed E-state index contributed by atoms with van der Waals surface area (Å²) >= 11 is 0. The average Bonchev–Trinajstić information content (AvgIpc) is 3.04. The standard InChI is InChI=1S/C13H13N5O/c19-12(6-5-11-14-7-8-15-11)18-13-16-9-3-1-2-4-10(9)17-13/h1-4,7-8H,5-6H2,(H,14,15)(H2,16,17,18,19). The Bertz CT molecular complexity index is 653. The SMILES string of the molecule is O=C(CCc1ncc[nH]1)Nc1nc2ccccc2[nH]1. The topological polar surface area (TPSA) is 86.5 Å². The minimum Gasteiger partial charge on any atom is -0.349 e. The van der Waals surface area contributed by atoms with Gasteiger partial charge in [0.1, 0.15) is 5.82 Å². The number of aromatic amines is 2. The van der Waals surface area contributed by atoms with Gasteiger partial charge in [0.15, 0.2) is 0 Å². The molecule has 6 nitrogen and oxygen atoms in total. The first-order chi connectivity index (χ1) is 9.31. The van der Waals surface area contributed by atoms with Crippen molar-refractivity contribution in [2.45, 2.75) is 12.8 Å². The Morgan fingerprint density at radius 2 is 2.21 bits per heavy atom. The van der Waals surface area contributed by atoms with Crippen LogP contribution < -0.4 is 5.32 Å². The van der Waals surface area contributed by atoms with Gasteiger partial charge in [0, 0.05) is 25.2 Å². The fraction of sp³-hybridized carbons (Fsp3) is 0.154. The first kappa shape index (κ1) is 11.5. The molecule has 3 aromatic rings. The van der Waals surface area contributed by atoms with E-state index in [1.165, 1.54) is 0 Å². The third-order valence-corrected chi connectivity index (χ3v) is 2.79. The number of aryl methyl sites for hydroxylation is 1. The van der Waals surface area contributed by atoms with Crippen molar-refractivity contribution in [2.24, 2.45) is 0 Å². The van der Waals surface area contributed by atoms with Crippen molar-refractivity contribution in [1.82, 2.24) is 19.9 Å². The van der Waals surface area contributed by atoms with Crippen LogP contribution in [0.25, 0.3) is 11.0 Å². The van der Waals surface area contributed by atoms with Crippen molar-refractivity contribution < 1.29 is 4.79 Å². The Labute approximate surface area is 109 Å². The molecule has 0 atom stereocenters. The maximum Gasteiger partial charge on any atom is 0.227 e. The van der Waals surface area contributed by atoms with Crippen LogP contribution in [0.4, 0.5) is 5.95 Å². The van der Waals surface area contributed by atoms with Gasteiger partial charge in [-0.25, -0.2) is 9.97 Å². The highest BCUT2D eigenvalue weighted by atomic mass is 16.1. The number of anilines is 1. The van der Waals surface area contributed by atoms with Crippen LogP contribution in [-0.4, -0.2) is 25.8 Å². The number of rotatable bonds is 4. The van der Waals surface area contributed by atoms with Crippen LogP contribution >= 0.6 is 0 Å². The van der Waals surface area contributed by atoms with Crippen molar-refractivity contribution >= 4 is 22.9 Å². The summed E-state index contributed by atoms with van der Waals surface area (Å²) in [5, 5.41) is 2.75. The lowest BCUT2D eigenvalue weighted by Crippen LogP contribution is -2.13. The molecule has 0 saturated carbocycles. The van der Waals surface area contributed by atoms with Crippen molar-refractivity contribution in [3.05, 3.63) is 42.5 Å². The molecule has 0 bridgehead atoms. The quantitative estimate of drug-likeness (QED) is 0.665. The normalized spacial score (nSPS) is 10.7. The number of hydrogen-bond donors (Lipinski definition) is 3. The van der Waals surface area contributed by atoms with Crippen LogP contribution in [-0.2, 0) is 11.2 Å². The first-order valence-corrected chi connectivity index (χ1v) is 6.04. The molecule has 0 aliphatic heterocycles. The van der Waals surface area contributed by atoms with E-state index >= 15 is 0 Å². The summed E-state index contributed by atoms with van der Waals surface area (Å²) in [5.74, 6) is 1.20. The third-order valence-electron chi connectivity index (χ3n) is 2.79. The summed E-state index contributed by atoms with van der Waals surface area (Å²) in [4.78, 5) is 26.1. The van der Waals surface area contributed by atoms with Crippen LogP contribution in [0.2, 0.25) is 0 Å². The molecule has 2 heterocycles. The third kappa shape index (κ3) is 2.62. The minimum absolute atomic E-state index is 0.0875. The molecular weight excluding hydrogens is 242 g/mol. The summed E-state index contributed by atoms with van der Waals surface area (Å²) in [6.07, 6.45) is 4.36. The number of benzene rings is 1. The Balaban J connectivity index is 1.62. The number of nitrogens with zero attached hydrogens (tertiary/aromatic N) is 2. The second-order valence-corrected chi connectivity index (χ2v) is 4.19. The van der Waals surface area contributed by atoms with E-state index in [4.69, 9.17) is 0 Å². The second kappa shape index (κ2) is 4.93.